The summed E-state index contributed by atoms with van der Waals surface area (Å²) in [6.45, 7) is 2.18. The van der Waals surface area contributed by atoms with E-state index in [1.165, 1.54) is 13.2 Å². The van der Waals surface area contributed by atoms with Crippen LogP contribution in [0.3, 0.4) is 0 Å². The first-order valence-electron chi connectivity index (χ1n) is 8.29. The van der Waals surface area contributed by atoms with Gasteiger partial charge in [-0.3, -0.25) is 14.9 Å². The lowest BCUT2D eigenvalue weighted by atomic mass is 9.85. The number of nitrogens with one attached hydrogen (secondary N) is 2. The van der Waals surface area contributed by atoms with Crippen molar-refractivity contribution in [3.05, 3.63) is 39.1 Å². The van der Waals surface area contributed by atoms with Crippen LogP contribution in [0.25, 0.3) is 0 Å². The van der Waals surface area contributed by atoms with Crippen LogP contribution in [0.2, 0.25) is 0 Å². The maximum Gasteiger partial charge on any atom is 0.279 e. The average Bonchev–Trinajstić information content (AvgIpc) is 2.60. The number of benzene rings is 1. The summed E-state index contributed by atoms with van der Waals surface area (Å²) in [4.78, 5) is 23.7. The van der Waals surface area contributed by atoms with Gasteiger partial charge in [0.15, 0.2) is 22.4 Å². The van der Waals surface area contributed by atoms with E-state index >= 15 is 0 Å². The molecule has 0 bridgehead atoms. The van der Waals surface area contributed by atoms with E-state index in [9.17, 15) is 14.9 Å². The summed E-state index contributed by atoms with van der Waals surface area (Å²) >= 11 is 5.24. The van der Waals surface area contributed by atoms with Crippen molar-refractivity contribution in [3.63, 3.8) is 0 Å². The fourth-order valence-electron chi connectivity index (χ4n) is 3.32. The number of hydrogen-bond donors (Lipinski definition) is 2. The Morgan fingerprint density at radius 2 is 2.12 bits per heavy atom. The molecule has 0 radical (unpaired) electrons. The van der Waals surface area contributed by atoms with Crippen LogP contribution in [-0.2, 0) is 4.79 Å². The van der Waals surface area contributed by atoms with Crippen LogP contribution in [0.4, 0.5) is 5.69 Å². The highest BCUT2D eigenvalue weighted by Crippen LogP contribution is 2.42. The Bertz CT molecular complexity index is 821. The quantitative estimate of drug-likeness (QED) is 0.458. The number of ketones is 1. The largest absolute Gasteiger partial charge is 0.493 e. The maximum atomic E-state index is 12.5. The number of rotatable bonds is 5. The molecule has 26 heavy (non-hydrogen) atoms. The maximum absolute atomic E-state index is 12.5. The van der Waals surface area contributed by atoms with E-state index in [2.05, 4.69) is 10.6 Å². The van der Waals surface area contributed by atoms with Crippen LogP contribution in [-0.4, -0.2) is 29.5 Å². The third-order valence-electron chi connectivity index (χ3n) is 4.41. The van der Waals surface area contributed by atoms with Crippen LogP contribution in [0, 0.1) is 10.1 Å². The molecule has 3 rings (SSSR count). The Balaban J connectivity index is 2.20. The molecule has 2 aliphatic rings. The molecule has 1 atom stereocenters. The number of carbonyl (C=O) groups is 1. The van der Waals surface area contributed by atoms with Gasteiger partial charge >= 0.3 is 0 Å². The van der Waals surface area contributed by atoms with Gasteiger partial charge in [0.05, 0.1) is 36.3 Å². The first-order valence-corrected chi connectivity index (χ1v) is 8.70. The van der Waals surface area contributed by atoms with Gasteiger partial charge in [-0.1, -0.05) is 0 Å². The number of hydrogen-bond acceptors (Lipinski definition) is 6. The van der Waals surface area contributed by atoms with E-state index in [0.717, 1.165) is 12.1 Å². The van der Waals surface area contributed by atoms with E-state index < -0.39 is 11.0 Å². The van der Waals surface area contributed by atoms with Crippen molar-refractivity contribution in [1.29, 1.82) is 0 Å². The Morgan fingerprint density at radius 3 is 2.77 bits per heavy atom. The molecule has 8 nitrogen and oxygen atoms in total. The fraction of sp³-hybridized carbons (Fsp3) is 0.412. The number of ether oxygens (including phenoxy) is 2. The van der Waals surface area contributed by atoms with E-state index in [-0.39, 0.29) is 17.2 Å². The summed E-state index contributed by atoms with van der Waals surface area (Å²) < 4.78 is 10.8. The molecule has 0 saturated carbocycles. The Morgan fingerprint density at radius 1 is 1.35 bits per heavy atom. The normalized spacial score (nSPS) is 19.4. The second-order valence-electron chi connectivity index (χ2n) is 5.95. The first kappa shape index (κ1) is 18.1. The first-order chi connectivity index (χ1) is 12.5. The highest BCUT2D eigenvalue weighted by molar-refractivity contribution is 7.80. The van der Waals surface area contributed by atoms with Gasteiger partial charge in [0.1, 0.15) is 0 Å². The van der Waals surface area contributed by atoms with Gasteiger partial charge in [-0.25, -0.2) is 0 Å². The van der Waals surface area contributed by atoms with E-state index in [0.29, 0.717) is 41.4 Å². The molecule has 0 spiro atoms. The van der Waals surface area contributed by atoms with Crippen LogP contribution < -0.4 is 20.1 Å². The topological polar surface area (TPSA) is 103 Å². The second-order valence-corrected chi connectivity index (χ2v) is 6.36. The Kier molecular flexibility index (Phi) is 5.08. The van der Waals surface area contributed by atoms with Crippen molar-refractivity contribution in [3.8, 4) is 11.5 Å². The number of carbonyl (C=O) groups excluding carboxylic acids is 1. The number of thiocarbonyl (C=S) groups is 1. The highest BCUT2D eigenvalue weighted by atomic mass is 32.1. The summed E-state index contributed by atoms with van der Waals surface area (Å²) in [6, 6.07) is 2.18. The van der Waals surface area contributed by atoms with Crippen LogP contribution in [0.1, 0.15) is 37.8 Å². The zero-order valence-corrected chi connectivity index (χ0v) is 15.3. The lowest BCUT2D eigenvalue weighted by molar-refractivity contribution is -0.385. The van der Waals surface area contributed by atoms with Crippen LogP contribution in [0.15, 0.2) is 23.4 Å². The predicted octanol–water partition coefficient (Wildman–Crippen LogP) is 2.53. The van der Waals surface area contributed by atoms with Gasteiger partial charge in [0.2, 0.25) is 0 Å². The summed E-state index contributed by atoms with van der Waals surface area (Å²) in [6.07, 6.45) is 1.82. The SMILES string of the molecule is CCOc1cc(C2NC(=S)NC3=C2C(=O)CCC3)c([N+](=O)[O-])cc1OC. The molecular formula is C17H19N3O5S. The number of methoxy groups -OCH3 is 1. The van der Waals surface area contributed by atoms with Crippen molar-refractivity contribution in [2.45, 2.75) is 32.2 Å². The van der Waals surface area contributed by atoms with Crippen LogP contribution >= 0.6 is 12.2 Å². The fourth-order valence-corrected chi connectivity index (χ4v) is 3.56. The summed E-state index contributed by atoms with van der Waals surface area (Å²) in [5, 5.41) is 18.0. The van der Waals surface area contributed by atoms with Crippen molar-refractivity contribution in [2.75, 3.05) is 13.7 Å². The van der Waals surface area contributed by atoms with Gasteiger partial charge in [0.25, 0.3) is 5.69 Å². The molecule has 1 unspecified atom stereocenters. The molecule has 1 aliphatic carbocycles. The smallest absolute Gasteiger partial charge is 0.279 e. The van der Waals surface area contributed by atoms with Crippen LogP contribution in [0.5, 0.6) is 11.5 Å². The Hall–Kier alpha value is -2.68. The minimum atomic E-state index is -0.697. The van der Waals surface area contributed by atoms with Gasteiger partial charge < -0.3 is 20.1 Å². The third kappa shape index (κ3) is 3.22. The van der Waals surface area contributed by atoms with Crippen molar-refractivity contribution in [1.82, 2.24) is 10.6 Å². The minimum Gasteiger partial charge on any atom is -0.493 e. The number of nitrogens with zero attached hydrogens (tertiary/aromatic N) is 1. The second kappa shape index (κ2) is 7.28. The zero-order valence-electron chi connectivity index (χ0n) is 14.5. The Labute approximate surface area is 155 Å². The van der Waals surface area contributed by atoms with Crippen molar-refractivity contribution >= 4 is 28.8 Å². The molecule has 2 N–H and O–H groups in total. The molecule has 0 saturated heterocycles. The van der Waals surface area contributed by atoms with Crippen molar-refractivity contribution < 1.29 is 19.2 Å². The van der Waals surface area contributed by atoms with Gasteiger partial charge in [-0.05, 0) is 38.0 Å². The van der Waals surface area contributed by atoms with E-state index in [1.54, 1.807) is 6.07 Å². The third-order valence-corrected chi connectivity index (χ3v) is 4.63. The molecule has 138 valence electrons. The molecule has 1 heterocycles. The van der Waals surface area contributed by atoms with Gasteiger partial charge in [0, 0.05) is 17.7 Å². The molecule has 1 aromatic carbocycles. The molecule has 0 fully saturated rings. The van der Waals surface area contributed by atoms with Gasteiger partial charge in [-0.2, -0.15) is 0 Å². The number of nitro groups is 1. The molecule has 1 aliphatic heterocycles. The molecule has 0 amide bonds. The lowest BCUT2D eigenvalue weighted by Crippen LogP contribution is -2.46. The number of nitro benzene ring substituents is 1. The molecule has 1 aromatic rings. The highest BCUT2D eigenvalue weighted by Gasteiger charge is 2.37. The van der Waals surface area contributed by atoms with Crippen molar-refractivity contribution in [2.24, 2.45) is 0 Å². The minimum absolute atomic E-state index is 0.0400. The summed E-state index contributed by atoms with van der Waals surface area (Å²) in [5.41, 5.74) is 1.40. The number of Topliss-reactive ketones (excluding diaryl/α,β-unsaturated/α-hetero) is 1. The van der Waals surface area contributed by atoms with E-state index in [4.69, 9.17) is 21.7 Å². The average molecular weight is 377 g/mol. The monoisotopic (exact) mass is 377 g/mol. The predicted molar refractivity (Wildman–Crippen MR) is 98.3 cm³/mol. The summed E-state index contributed by atoms with van der Waals surface area (Å²) in [7, 11) is 1.42. The van der Waals surface area contributed by atoms with Gasteiger partial charge in [-0.15, -0.1) is 0 Å². The lowest BCUT2D eigenvalue weighted by Gasteiger charge is -2.33. The summed E-state index contributed by atoms with van der Waals surface area (Å²) in [5.74, 6) is 0.608. The van der Waals surface area contributed by atoms with E-state index in [1.807, 2.05) is 6.92 Å². The zero-order chi connectivity index (χ0) is 18.8. The molecule has 9 heteroatoms. The molecule has 0 aromatic heterocycles. The molecular weight excluding hydrogens is 358 g/mol. The number of allylic oxidation sites excluding steroid dienone is 1. The standard InChI is InChI=1S/C17H19N3O5S/c1-3-25-14-7-9(11(20(22)23)8-13(14)24-2)16-15-10(18-17(26)19-16)5-4-6-12(15)21/h7-8,16H,3-6H2,1-2H3,(H2,18,19,26).